The first-order valence-electron chi connectivity index (χ1n) is 8.04. The molecule has 0 aromatic heterocycles. The van der Waals surface area contributed by atoms with Crippen LogP contribution in [-0.4, -0.2) is 37.2 Å². The van der Waals surface area contributed by atoms with Crippen LogP contribution in [0.5, 0.6) is 11.5 Å². The van der Waals surface area contributed by atoms with Crippen LogP contribution in [0.25, 0.3) is 0 Å². The SMILES string of the molecule is CC(C)N(CC1CC1)C(CN)c1ccc2c(c1)OCCO2. The van der Waals surface area contributed by atoms with E-state index in [-0.39, 0.29) is 6.04 Å². The Kier molecular flexibility index (Phi) is 4.36. The van der Waals surface area contributed by atoms with E-state index < -0.39 is 0 Å². The first-order valence-corrected chi connectivity index (χ1v) is 8.04. The van der Waals surface area contributed by atoms with E-state index in [1.54, 1.807) is 0 Å². The van der Waals surface area contributed by atoms with Crippen molar-refractivity contribution < 1.29 is 9.47 Å². The summed E-state index contributed by atoms with van der Waals surface area (Å²) in [5.41, 5.74) is 7.33. The number of nitrogens with two attached hydrogens (primary N) is 1. The molecule has 1 aliphatic carbocycles. The van der Waals surface area contributed by atoms with Gasteiger partial charge in [-0.05, 0) is 50.3 Å². The van der Waals surface area contributed by atoms with Crippen LogP contribution < -0.4 is 15.2 Å². The van der Waals surface area contributed by atoms with Gasteiger partial charge in [-0.2, -0.15) is 0 Å². The molecule has 1 fully saturated rings. The molecule has 116 valence electrons. The monoisotopic (exact) mass is 290 g/mol. The minimum absolute atomic E-state index is 0.251. The standard InChI is InChI=1S/C17H26N2O2/c1-12(2)19(11-13-3-4-13)15(10-18)14-5-6-16-17(9-14)21-8-7-20-16/h5-6,9,12-13,15H,3-4,7-8,10-11,18H2,1-2H3. The zero-order chi connectivity index (χ0) is 14.8. The van der Waals surface area contributed by atoms with E-state index in [1.165, 1.54) is 18.4 Å². The minimum Gasteiger partial charge on any atom is -0.486 e. The normalized spacial score (nSPS) is 19.1. The molecule has 21 heavy (non-hydrogen) atoms. The van der Waals surface area contributed by atoms with E-state index in [2.05, 4.69) is 30.9 Å². The molecule has 1 heterocycles. The second-order valence-electron chi connectivity index (χ2n) is 6.39. The molecule has 1 aromatic carbocycles. The Morgan fingerprint density at radius 2 is 1.90 bits per heavy atom. The molecule has 1 aromatic rings. The average molecular weight is 290 g/mol. The van der Waals surface area contributed by atoms with Crippen LogP contribution in [-0.2, 0) is 0 Å². The maximum absolute atomic E-state index is 6.10. The van der Waals surface area contributed by atoms with Gasteiger partial charge in [0.2, 0.25) is 0 Å². The molecule has 2 N–H and O–H groups in total. The maximum Gasteiger partial charge on any atom is 0.161 e. The number of rotatable bonds is 6. The largest absolute Gasteiger partial charge is 0.486 e. The van der Waals surface area contributed by atoms with E-state index in [1.807, 2.05) is 6.07 Å². The van der Waals surface area contributed by atoms with Crippen molar-refractivity contribution in [2.24, 2.45) is 11.7 Å². The maximum atomic E-state index is 6.10. The molecule has 4 nitrogen and oxygen atoms in total. The lowest BCUT2D eigenvalue weighted by Gasteiger charge is -2.35. The number of fused-ring (bicyclic) bond motifs is 1. The van der Waals surface area contributed by atoms with Gasteiger partial charge >= 0.3 is 0 Å². The Morgan fingerprint density at radius 3 is 2.52 bits per heavy atom. The molecular formula is C17H26N2O2. The van der Waals surface area contributed by atoms with Gasteiger partial charge in [0.05, 0.1) is 0 Å². The molecule has 1 aliphatic heterocycles. The fourth-order valence-electron chi connectivity index (χ4n) is 3.03. The number of hydrogen-bond donors (Lipinski definition) is 1. The molecule has 1 atom stereocenters. The van der Waals surface area contributed by atoms with E-state index in [0.717, 1.165) is 24.0 Å². The lowest BCUT2D eigenvalue weighted by Crippen LogP contribution is -2.40. The third-order valence-corrected chi connectivity index (χ3v) is 4.40. The van der Waals surface area contributed by atoms with Crippen LogP contribution in [0.4, 0.5) is 0 Å². The fraction of sp³-hybridized carbons (Fsp3) is 0.647. The highest BCUT2D eigenvalue weighted by atomic mass is 16.6. The summed E-state index contributed by atoms with van der Waals surface area (Å²) in [6, 6.07) is 7.00. The van der Waals surface area contributed by atoms with Gasteiger partial charge < -0.3 is 15.2 Å². The molecule has 1 unspecified atom stereocenters. The first-order chi connectivity index (χ1) is 10.2. The van der Waals surface area contributed by atoms with Gasteiger partial charge in [0.1, 0.15) is 13.2 Å². The lowest BCUT2D eigenvalue weighted by molar-refractivity contribution is 0.147. The molecule has 0 amide bonds. The van der Waals surface area contributed by atoms with Gasteiger partial charge in [-0.3, -0.25) is 4.90 Å². The Balaban J connectivity index is 1.83. The molecule has 3 rings (SSSR count). The van der Waals surface area contributed by atoms with Crippen molar-refractivity contribution in [3.8, 4) is 11.5 Å². The molecule has 0 spiro atoms. The van der Waals surface area contributed by atoms with Crippen LogP contribution in [0.15, 0.2) is 18.2 Å². The Morgan fingerprint density at radius 1 is 1.19 bits per heavy atom. The van der Waals surface area contributed by atoms with Crippen molar-refractivity contribution in [2.45, 2.75) is 38.8 Å². The van der Waals surface area contributed by atoms with Gasteiger partial charge in [-0.25, -0.2) is 0 Å². The summed E-state index contributed by atoms with van der Waals surface area (Å²) < 4.78 is 11.3. The van der Waals surface area contributed by atoms with Crippen molar-refractivity contribution in [2.75, 3.05) is 26.3 Å². The van der Waals surface area contributed by atoms with E-state index in [4.69, 9.17) is 15.2 Å². The van der Waals surface area contributed by atoms with Crippen molar-refractivity contribution in [1.29, 1.82) is 0 Å². The van der Waals surface area contributed by atoms with Crippen LogP contribution in [0, 0.1) is 5.92 Å². The van der Waals surface area contributed by atoms with E-state index >= 15 is 0 Å². The topological polar surface area (TPSA) is 47.7 Å². The van der Waals surface area contributed by atoms with Crippen LogP contribution in [0.2, 0.25) is 0 Å². The van der Waals surface area contributed by atoms with Crippen LogP contribution in [0.1, 0.15) is 38.3 Å². The average Bonchev–Trinajstić information content (AvgIpc) is 3.31. The summed E-state index contributed by atoms with van der Waals surface area (Å²) in [6.07, 6.45) is 2.73. The van der Waals surface area contributed by atoms with Crippen LogP contribution >= 0.6 is 0 Å². The number of benzene rings is 1. The van der Waals surface area contributed by atoms with Gasteiger partial charge in [0.15, 0.2) is 11.5 Å². The number of hydrogen-bond acceptors (Lipinski definition) is 4. The van der Waals surface area contributed by atoms with Gasteiger partial charge in [0, 0.05) is 25.2 Å². The summed E-state index contributed by atoms with van der Waals surface area (Å²) in [5, 5.41) is 0. The molecular weight excluding hydrogens is 264 g/mol. The first kappa shape index (κ1) is 14.7. The van der Waals surface area contributed by atoms with Gasteiger partial charge in [-0.1, -0.05) is 6.07 Å². The second kappa shape index (κ2) is 6.24. The predicted molar refractivity (Wildman–Crippen MR) is 83.8 cm³/mol. The molecule has 4 heteroatoms. The predicted octanol–water partition coefficient (Wildman–Crippen LogP) is 2.58. The van der Waals surface area contributed by atoms with Crippen molar-refractivity contribution >= 4 is 0 Å². The third kappa shape index (κ3) is 3.33. The van der Waals surface area contributed by atoms with E-state index in [0.29, 0.717) is 25.8 Å². The Hall–Kier alpha value is -1.26. The quantitative estimate of drug-likeness (QED) is 0.875. The summed E-state index contributed by atoms with van der Waals surface area (Å²) in [7, 11) is 0. The van der Waals surface area contributed by atoms with E-state index in [9.17, 15) is 0 Å². The lowest BCUT2D eigenvalue weighted by atomic mass is 10.0. The molecule has 2 aliphatic rings. The van der Waals surface area contributed by atoms with Gasteiger partial charge in [-0.15, -0.1) is 0 Å². The molecule has 0 radical (unpaired) electrons. The number of nitrogens with zero attached hydrogens (tertiary/aromatic N) is 1. The second-order valence-corrected chi connectivity index (χ2v) is 6.39. The third-order valence-electron chi connectivity index (χ3n) is 4.40. The highest BCUT2D eigenvalue weighted by Gasteiger charge is 2.30. The smallest absolute Gasteiger partial charge is 0.161 e. The van der Waals surface area contributed by atoms with Crippen molar-refractivity contribution in [1.82, 2.24) is 4.90 Å². The summed E-state index contributed by atoms with van der Waals surface area (Å²) in [6.45, 7) is 7.54. The Labute approximate surface area is 127 Å². The summed E-state index contributed by atoms with van der Waals surface area (Å²) >= 11 is 0. The zero-order valence-corrected chi connectivity index (χ0v) is 13.0. The zero-order valence-electron chi connectivity index (χ0n) is 13.0. The minimum atomic E-state index is 0.251. The van der Waals surface area contributed by atoms with Gasteiger partial charge in [0.25, 0.3) is 0 Å². The highest BCUT2D eigenvalue weighted by Crippen LogP contribution is 2.37. The summed E-state index contributed by atoms with van der Waals surface area (Å²) in [4.78, 5) is 2.53. The summed E-state index contributed by atoms with van der Waals surface area (Å²) in [5.74, 6) is 2.56. The molecule has 1 saturated carbocycles. The number of ether oxygens (including phenoxy) is 2. The fourth-order valence-corrected chi connectivity index (χ4v) is 3.03. The van der Waals surface area contributed by atoms with Crippen molar-refractivity contribution in [3.63, 3.8) is 0 Å². The highest BCUT2D eigenvalue weighted by molar-refractivity contribution is 5.44. The Bertz CT molecular complexity index is 486. The van der Waals surface area contributed by atoms with Crippen molar-refractivity contribution in [3.05, 3.63) is 23.8 Å². The molecule has 0 saturated heterocycles. The molecule has 0 bridgehead atoms. The van der Waals surface area contributed by atoms with Crippen LogP contribution in [0.3, 0.4) is 0 Å².